The third-order valence-electron chi connectivity index (χ3n) is 5.09. The quantitative estimate of drug-likeness (QED) is 0.560. The standard InChI is InChI=1S/C22H25ClN2O5S/c23-20-9-5-4-8-19(20)10-11-22(27)30-16-21(26)24-12-14-25(15-13-24)31(28,29)17-18-6-2-1-3-7-18/h1-9H,10-17H2. The minimum atomic E-state index is -3.45. The largest absolute Gasteiger partial charge is 0.456 e. The molecular weight excluding hydrogens is 440 g/mol. The van der Waals surface area contributed by atoms with Gasteiger partial charge in [-0.15, -0.1) is 0 Å². The predicted molar refractivity (Wildman–Crippen MR) is 118 cm³/mol. The molecule has 0 spiro atoms. The number of hydrogen-bond donors (Lipinski definition) is 0. The smallest absolute Gasteiger partial charge is 0.306 e. The summed E-state index contributed by atoms with van der Waals surface area (Å²) in [5.41, 5.74) is 1.57. The first-order valence-corrected chi connectivity index (χ1v) is 12.0. The van der Waals surface area contributed by atoms with Gasteiger partial charge in [-0.1, -0.05) is 60.1 Å². The van der Waals surface area contributed by atoms with Gasteiger partial charge >= 0.3 is 5.97 Å². The maximum absolute atomic E-state index is 12.6. The lowest BCUT2D eigenvalue weighted by Gasteiger charge is -2.33. The Morgan fingerprint density at radius 3 is 2.26 bits per heavy atom. The highest BCUT2D eigenvalue weighted by Gasteiger charge is 2.29. The summed E-state index contributed by atoms with van der Waals surface area (Å²) >= 11 is 6.07. The molecule has 1 aliphatic rings. The van der Waals surface area contributed by atoms with Crippen LogP contribution < -0.4 is 0 Å². The summed E-state index contributed by atoms with van der Waals surface area (Å²) in [6.07, 6.45) is 0.563. The van der Waals surface area contributed by atoms with E-state index in [4.69, 9.17) is 16.3 Å². The fraction of sp³-hybridized carbons (Fsp3) is 0.364. The second kappa shape index (κ2) is 10.7. The molecule has 1 fully saturated rings. The first-order valence-electron chi connectivity index (χ1n) is 10.0. The first-order chi connectivity index (χ1) is 14.8. The Kier molecular flexibility index (Phi) is 8.06. The van der Waals surface area contributed by atoms with E-state index < -0.39 is 16.0 Å². The third kappa shape index (κ3) is 6.78. The van der Waals surface area contributed by atoms with E-state index in [9.17, 15) is 18.0 Å². The molecule has 0 aliphatic carbocycles. The average Bonchev–Trinajstić information content (AvgIpc) is 2.77. The second-order valence-electron chi connectivity index (χ2n) is 7.27. The van der Waals surface area contributed by atoms with E-state index in [1.54, 1.807) is 30.3 Å². The van der Waals surface area contributed by atoms with Crippen LogP contribution in [0.15, 0.2) is 54.6 Å². The molecule has 9 heteroatoms. The summed E-state index contributed by atoms with van der Waals surface area (Å²) in [4.78, 5) is 25.8. The molecule has 0 atom stereocenters. The van der Waals surface area contributed by atoms with Gasteiger partial charge in [0, 0.05) is 37.6 Å². The molecule has 0 unspecified atom stereocenters. The monoisotopic (exact) mass is 464 g/mol. The van der Waals surface area contributed by atoms with Crippen LogP contribution in [0.1, 0.15) is 17.5 Å². The molecule has 1 heterocycles. The van der Waals surface area contributed by atoms with E-state index >= 15 is 0 Å². The second-order valence-corrected chi connectivity index (χ2v) is 9.65. The Morgan fingerprint density at radius 2 is 1.58 bits per heavy atom. The van der Waals surface area contributed by atoms with Crippen LogP contribution >= 0.6 is 11.6 Å². The Labute approximate surface area is 187 Å². The minimum absolute atomic E-state index is 0.0647. The van der Waals surface area contributed by atoms with Gasteiger partial charge < -0.3 is 9.64 Å². The lowest BCUT2D eigenvalue weighted by molar-refractivity contribution is -0.152. The molecule has 1 amide bonds. The van der Waals surface area contributed by atoms with E-state index in [2.05, 4.69) is 0 Å². The van der Waals surface area contributed by atoms with E-state index in [1.807, 2.05) is 24.3 Å². The molecule has 1 saturated heterocycles. The van der Waals surface area contributed by atoms with Crippen molar-refractivity contribution in [2.75, 3.05) is 32.8 Å². The highest BCUT2D eigenvalue weighted by atomic mass is 35.5. The average molecular weight is 465 g/mol. The molecule has 1 aliphatic heterocycles. The van der Waals surface area contributed by atoms with Gasteiger partial charge in [-0.25, -0.2) is 8.42 Å². The highest BCUT2D eigenvalue weighted by Crippen LogP contribution is 2.17. The zero-order chi connectivity index (χ0) is 22.3. The summed E-state index contributed by atoms with van der Waals surface area (Å²) in [6, 6.07) is 16.2. The molecule has 0 aromatic heterocycles. The fourth-order valence-electron chi connectivity index (χ4n) is 3.34. The predicted octanol–water partition coefficient (Wildman–Crippen LogP) is 2.49. The van der Waals surface area contributed by atoms with Crippen molar-refractivity contribution in [3.8, 4) is 0 Å². The Bertz CT molecular complexity index is 1010. The lowest BCUT2D eigenvalue weighted by Crippen LogP contribution is -2.51. The number of nitrogens with zero attached hydrogens (tertiary/aromatic N) is 2. The van der Waals surface area contributed by atoms with E-state index in [0.29, 0.717) is 11.4 Å². The molecule has 31 heavy (non-hydrogen) atoms. The van der Waals surface area contributed by atoms with Crippen LogP contribution in [-0.2, 0) is 36.5 Å². The number of aryl methyl sites for hydroxylation is 1. The van der Waals surface area contributed by atoms with Gasteiger partial charge in [0.1, 0.15) is 0 Å². The normalized spacial score (nSPS) is 14.9. The van der Waals surface area contributed by atoms with Crippen molar-refractivity contribution in [2.24, 2.45) is 0 Å². The number of ether oxygens (including phenoxy) is 1. The van der Waals surface area contributed by atoms with E-state index in [1.165, 1.54) is 9.21 Å². The van der Waals surface area contributed by atoms with Gasteiger partial charge in [0.2, 0.25) is 10.0 Å². The Balaban J connectivity index is 1.40. The van der Waals surface area contributed by atoms with Crippen LogP contribution in [-0.4, -0.2) is 62.3 Å². The molecular formula is C22H25ClN2O5S. The number of piperazine rings is 1. The summed E-state index contributed by atoms with van der Waals surface area (Å²) < 4.78 is 31.7. The topological polar surface area (TPSA) is 84.0 Å². The van der Waals surface area contributed by atoms with Crippen LogP contribution in [0, 0.1) is 0 Å². The molecule has 0 saturated carbocycles. The molecule has 3 rings (SSSR count). The molecule has 2 aromatic carbocycles. The number of halogens is 1. The van der Waals surface area contributed by atoms with Crippen molar-refractivity contribution >= 4 is 33.5 Å². The molecule has 166 valence electrons. The Hall–Kier alpha value is -2.42. The third-order valence-corrected chi connectivity index (χ3v) is 7.31. The summed E-state index contributed by atoms with van der Waals surface area (Å²) in [5.74, 6) is -0.867. The van der Waals surface area contributed by atoms with Crippen molar-refractivity contribution in [1.82, 2.24) is 9.21 Å². The lowest BCUT2D eigenvalue weighted by atomic mass is 10.1. The summed E-state index contributed by atoms with van der Waals surface area (Å²) in [7, 11) is -3.45. The maximum atomic E-state index is 12.6. The zero-order valence-corrected chi connectivity index (χ0v) is 18.6. The molecule has 0 radical (unpaired) electrons. The van der Waals surface area contributed by atoms with Crippen LogP contribution in [0.3, 0.4) is 0 Å². The number of carbonyl (C=O) groups excluding carboxylic acids is 2. The SMILES string of the molecule is O=C(CCc1ccccc1Cl)OCC(=O)N1CCN(S(=O)(=O)Cc2ccccc2)CC1. The first kappa shape index (κ1) is 23.2. The van der Waals surface area contributed by atoms with E-state index in [0.717, 1.165) is 11.1 Å². The number of hydrogen-bond acceptors (Lipinski definition) is 5. The number of rotatable bonds is 8. The van der Waals surface area contributed by atoms with Gasteiger partial charge in [0.05, 0.1) is 5.75 Å². The molecule has 0 bridgehead atoms. The van der Waals surface area contributed by atoms with Crippen LogP contribution in [0.4, 0.5) is 0 Å². The zero-order valence-electron chi connectivity index (χ0n) is 17.1. The molecule has 0 N–H and O–H groups in total. The van der Waals surface area contributed by atoms with Crippen LogP contribution in [0.5, 0.6) is 0 Å². The minimum Gasteiger partial charge on any atom is -0.456 e. The van der Waals surface area contributed by atoms with Gasteiger partial charge in [0.25, 0.3) is 5.91 Å². The number of benzene rings is 2. The van der Waals surface area contributed by atoms with Crippen molar-refractivity contribution in [3.63, 3.8) is 0 Å². The van der Waals surface area contributed by atoms with E-state index in [-0.39, 0.29) is 50.9 Å². The van der Waals surface area contributed by atoms with Gasteiger partial charge in [-0.3, -0.25) is 9.59 Å². The van der Waals surface area contributed by atoms with Crippen LogP contribution in [0.2, 0.25) is 5.02 Å². The highest BCUT2D eigenvalue weighted by molar-refractivity contribution is 7.88. The number of amides is 1. The van der Waals surface area contributed by atoms with Gasteiger partial charge in [-0.2, -0.15) is 4.31 Å². The fourth-order valence-corrected chi connectivity index (χ4v) is 5.08. The summed E-state index contributed by atoms with van der Waals surface area (Å²) in [6.45, 7) is 0.634. The summed E-state index contributed by atoms with van der Waals surface area (Å²) in [5, 5.41) is 0.589. The van der Waals surface area contributed by atoms with Gasteiger partial charge in [-0.05, 0) is 23.6 Å². The van der Waals surface area contributed by atoms with Crippen LogP contribution in [0.25, 0.3) is 0 Å². The van der Waals surface area contributed by atoms with Crippen molar-refractivity contribution in [1.29, 1.82) is 0 Å². The van der Waals surface area contributed by atoms with Gasteiger partial charge in [0.15, 0.2) is 6.61 Å². The number of carbonyl (C=O) groups is 2. The maximum Gasteiger partial charge on any atom is 0.306 e. The van der Waals surface area contributed by atoms with Crippen molar-refractivity contribution in [3.05, 3.63) is 70.7 Å². The molecule has 2 aromatic rings. The number of esters is 1. The molecule has 7 nitrogen and oxygen atoms in total. The van der Waals surface area contributed by atoms with Crippen molar-refractivity contribution < 1.29 is 22.7 Å². The Morgan fingerprint density at radius 1 is 0.935 bits per heavy atom. The van der Waals surface area contributed by atoms with Crippen molar-refractivity contribution in [2.45, 2.75) is 18.6 Å². The number of sulfonamides is 1.